The molecular formula is C21H30N2O. The molecule has 4 rings (SSSR count). The van der Waals surface area contributed by atoms with Gasteiger partial charge in [-0.05, 0) is 69.7 Å². The highest BCUT2D eigenvalue weighted by Gasteiger charge is 2.20. The lowest BCUT2D eigenvalue weighted by Crippen LogP contribution is -2.36. The zero-order valence-corrected chi connectivity index (χ0v) is 14.7. The molecular weight excluding hydrogens is 296 g/mol. The number of hydrogen-bond acceptors (Lipinski definition) is 2. The average molecular weight is 326 g/mol. The van der Waals surface area contributed by atoms with Crippen LogP contribution in [0.5, 0.6) is 0 Å². The molecule has 0 saturated carbocycles. The fourth-order valence-corrected chi connectivity index (χ4v) is 4.65. The van der Waals surface area contributed by atoms with Crippen molar-refractivity contribution in [3.05, 3.63) is 35.5 Å². The third-order valence-electron chi connectivity index (χ3n) is 5.89. The smallest absolute Gasteiger partial charge is 0.0684 e. The van der Waals surface area contributed by atoms with Crippen LogP contribution in [-0.4, -0.2) is 40.3 Å². The molecule has 1 saturated heterocycles. The maximum Gasteiger partial charge on any atom is 0.0684 e. The van der Waals surface area contributed by atoms with Gasteiger partial charge in [-0.15, -0.1) is 0 Å². The van der Waals surface area contributed by atoms with Crippen LogP contribution in [0.3, 0.4) is 0 Å². The Hall–Kier alpha value is -1.32. The van der Waals surface area contributed by atoms with Gasteiger partial charge in [-0.2, -0.15) is 0 Å². The van der Waals surface area contributed by atoms with Gasteiger partial charge in [-0.1, -0.05) is 24.6 Å². The van der Waals surface area contributed by atoms with E-state index in [1.807, 2.05) is 0 Å². The number of rotatable bonds is 5. The van der Waals surface area contributed by atoms with Crippen molar-refractivity contribution in [2.24, 2.45) is 0 Å². The Kier molecular flexibility index (Phi) is 4.91. The molecule has 0 bridgehead atoms. The summed E-state index contributed by atoms with van der Waals surface area (Å²) in [6.07, 6.45) is 9.65. The Bertz CT molecular complexity index is 684. The van der Waals surface area contributed by atoms with E-state index in [-0.39, 0.29) is 6.10 Å². The number of β-amino-alcohol motifs (C(OH)–C–C–N with tert-alkyl or cyclic N) is 1. The minimum Gasteiger partial charge on any atom is -0.392 e. The van der Waals surface area contributed by atoms with E-state index < -0.39 is 0 Å². The highest BCUT2D eigenvalue weighted by molar-refractivity contribution is 5.85. The summed E-state index contributed by atoms with van der Waals surface area (Å²) >= 11 is 0. The first-order valence-electron chi connectivity index (χ1n) is 9.82. The van der Waals surface area contributed by atoms with Crippen molar-refractivity contribution in [3.63, 3.8) is 0 Å². The van der Waals surface area contributed by atoms with Gasteiger partial charge in [0, 0.05) is 29.7 Å². The van der Waals surface area contributed by atoms with Crippen LogP contribution >= 0.6 is 0 Å². The summed E-state index contributed by atoms with van der Waals surface area (Å²) in [5, 5.41) is 12.0. The second kappa shape index (κ2) is 7.28. The van der Waals surface area contributed by atoms with Crippen molar-refractivity contribution in [3.8, 4) is 0 Å². The first-order valence-corrected chi connectivity index (χ1v) is 9.82. The number of aliphatic hydroxyl groups is 1. The highest BCUT2D eigenvalue weighted by Crippen LogP contribution is 2.32. The summed E-state index contributed by atoms with van der Waals surface area (Å²) < 4.78 is 2.50. The number of aliphatic hydroxyl groups excluding tert-OH is 1. The molecule has 3 nitrogen and oxygen atoms in total. The third-order valence-corrected chi connectivity index (χ3v) is 5.89. The highest BCUT2D eigenvalue weighted by atomic mass is 16.3. The minimum atomic E-state index is -0.205. The number of hydrogen-bond donors (Lipinski definition) is 1. The van der Waals surface area contributed by atoms with Gasteiger partial charge in [0.25, 0.3) is 0 Å². The van der Waals surface area contributed by atoms with Crippen LogP contribution < -0.4 is 0 Å². The molecule has 2 heterocycles. The molecule has 2 aliphatic rings. The molecule has 0 radical (unpaired) electrons. The molecule has 2 aromatic rings. The first kappa shape index (κ1) is 16.2. The van der Waals surface area contributed by atoms with Crippen LogP contribution in [0.15, 0.2) is 24.3 Å². The molecule has 1 aliphatic heterocycles. The molecule has 130 valence electrons. The Morgan fingerprint density at radius 1 is 0.958 bits per heavy atom. The molecule has 1 N–H and O–H groups in total. The van der Waals surface area contributed by atoms with Crippen molar-refractivity contribution < 1.29 is 5.11 Å². The SMILES string of the molecule is OC(CCn1c2c(c3ccccc31)CCCC2)CN1CCCCC1. The minimum absolute atomic E-state index is 0.205. The van der Waals surface area contributed by atoms with Gasteiger partial charge in [0.1, 0.15) is 0 Å². The molecule has 1 fully saturated rings. The van der Waals surface area contributed by atoms with Crippen molar-refractivity contribution in [2.75, 3.05) is 19.6 Å². The first-order chi connectivity index (χ1) is 11.8. The lowest BCUT2D eigenvalue weighted by Gasteiger charge is -2.28. The molecule has 24 heavy (non-hydrogen) atoms. The van der Waals surface area contributed by atoms with Gasteiger partial charge in [0.15, 0.2) is 0 Å². The van der Waals surface area contributed by atoms with E-state index in [4.69, 9.17) is 0 Å². The summed E-state index contributed by atoms with van der Waals surface area (Å²) in [4.78, 5) is 2.44. The van der Waals surface area contributed by atoms with Crippen molar-refractivity contribution in [1.82, 2.24) is 9.47 Å². The fourth-order valence-electron chi connectivity index (χ4n) is 4.65. The summed E-state index contributed by atoms with van der Waals surface area (Å²) in [6.45, 7) is 4.13. The second-order valence-corrected chi connectivity index (χ2v) is 7.60. The van der Waals surface area contributed by atoms with Crippen LogP contribution in [0.4, 0.5) is 0 Å². The largest absolute Gasteiger partial charge is 0.392 e. The monoisotopic (exact) mass is 326 g/mol. The van der Waals surface area contributed by atoms with Crippen molar-refractivity contribution >= 4 is 10.9 Å². The van der Waals surface area contributed by atoms with E-state index >= 15 is 0 Å². The van der Waals surface area contributed by atoms with E-state index in [1.165, 1.54) is 74.6 Å². The normalized spacial score (nSPS) is 20.2. The van der Waals surface area contributed by atoms with Gasteiger partial charge in [-0.25, -0.2) is 0 Å². The fraction of sp³-hybridized carbons (Fsp3) is 0.619. The van der Waals surface area contributed by atoms with Crippen LogP contribution in [0.1, 0.15) is 49.8 Å². The van der Waals surface area contributed by atoms with Crippen LogP contribution in [0.2, 0.25) is 0 Å². The summed E-state index contributed by atoms with van der Waals surface area (Å²) in [7, 11) is 0. The second-order valence-electron chi connectivity index (χ2n) is 7.60. The van der Waals surface area contributed by atoms with Crippen molar-refractivity contribution in [1.29, 1.82) is 0 Å². The Balaban J connectivity index is 1.48. The lowest BCUT2D eigenvalue weighted by molar-refractivity contribution is 0.0915. The molecule has 1 unspecified atom stereocenters. The van der Waals surface area contributed by atoms with Crippen molar-refractivity contribution in [2.45, 2.75) is 64.0 Å². The number of benzene rings is 1. The lowest BCUT2D eigenvalue weighted by atomic mass is 9.95. The average Bonchev–Trinajstić information content (AvgIpc) is 2.95. The van der Waals surface area contributed by atoms with Crippen LogP contribution in [-0.2, 0) is 19.4 Å². The standard InChI is InChI=1S/C21H30N2O/c24-17(16-22-13-6-1-7-14-22)12-15-23-20-10-4-2-8-18(20)19-9-3-5-11-21(19)23/h2,4,8,10,17,24H,1,3,5-7,9,11-16H2. The van der Waals surface area contributed by atoms with Crippen LogP contribution in [0.25, 0.3) is 10.9 Å². The van der Waals surface area contributed by atoms with E-state index in [2.05, 4.69) is 33.7 Å². The zero-order chi connectivity index (χ0) is 16.4. The van der Waals surface area contributed by atoms with Crippen LogP contribution in [0, 0.1) is 0 Å². The summed E-state index contributed by atoms with van der Waals surface area (Å²) in [5.41, 5.74) is 4.48. The topological polar surface area (TPSA) is 28.4 Å². The molecule has 1 aliphatic carbocycles. The zero-order valence-electron chi connectivity index (χ0n) is 14.7. The van der Waals surface area contributed by atoms with E-state index in [0.717, 1.165) is 19.5 Å². The van der Waals surface area contributed by atoms with Gasteiger partial charge in [-0.3, -0.25) is 0 Å². The number of fused-ring (bicyclic) bond motifs is 3. The molecule has 1 aromatic carbocycles. The van der Waals surface area contributed by atoms with Gasteiger partial charge < -0.3 is 14.6 Å². The predicted octanol–water partition coefficient (Wildman–Crippen LogP) is 3.76. The Labute approximate surface area is 145 Å². The number of aromatic nitrogens is 1. The molecule has 3 heteroatoms. The number of nitrogens with zero attached hydrogens (tertiary/aromatic N) is 2. The molecule has 1 atom stereocenters. The quantitative estimate of drug-likeness (QED) is 0.906. The van der Waals surface area contributed by atoms with Gasteiger partial charge in [0.2, 0.25) is 0 Å². The molecule has 0 amide bonds. The Morgan fingerprint density at radius 2 is 1.75 bits per heavy atom. The predicted molar refractivity (Wildman–Crippen MR) is 99.5 cm³/mol. The van der Waals surface area contributed by atoms with E-state index in [1.54, 1.807) is 5.56 Å². The summed E-state index contributed by atoms with van der Waals surface area (Å²) in [5.74, 6) is 0. The maximum atomic E-state index is 10.5. The maximum absolute atomic E-state index is 10.5. The number of aryl methyl sites for hydroxylation is 2. The summed E-state index contributed by atoms with van der Waals surface area (Å²) in [6, 6.07) is 8.84. The van der Waals surface area contributed by atoms with Gasteiger partial charge >= 0.3 is 0 Å². The molecule has 1 aromatic heterocycles. The number of piperidine rings is 1. The van der Waals surface area contributed by atoms with Gasteiger partial charge in [0.05, 0.1) is 6.10 Å². The Morgan fingerprint density at radius 3 is 2.62 bits per heavy atom. The number of para-hydroxylation sites is 1. The third kappa shape index (κ3) is 3.25. The molecule has 0 spiro atoms. The van der Waals surface area contributed by atoms with E-state index in [9.17, 15) is 5.11 Å². The van der Waals surface area contributed by atoms with E-state index in [0.29, 0.717) is 0 Å². The number of likely N-dealkylation sites (tertiary alicyclic amines) is 1.